The van der Waals surface area contributed by atoms with Crippen LogP contribution in [0.1, 0.15) is 46.5 Å². The van der Waals surface area contributed by atoms with E-state index in [1.807, 2.05) is 6.92 Å². The summed E-state index contributed by atoms with van der Waals surface area (Å²) < 4.78 is 16.0. The van der Waals surface area contributed by atoms with E-state index in [0.717, 1.165) is 0 Å². The fraction of sp³-hybridized carbons (Fsp3) is 0.895. The number of aliphatic hydroxyl groups is 3. The smallest absolute Gasteiger partial charge is 0.336 e. The van der Waals surface area contributed by atoms with Crippen LogP contribution in [-0.4, -0.2) is 71.0 Å². The Kier molecular flexibility index (Phi) is 4.86. The van der Waals surface area contributed by atoms with Gasteiger partial charge in [0.05, 0.1) is 17.6 Å². The maximum Gasteiger partial charge on any atom is 0.336 e. The minimum absolute atomic E-state index is 0.120. The zero-order valence-electron chi connectivity index (χ0n) is 16.4. The molecule has 0 aromatic rings. The van der Waals surface area contributed by atoms with E-state index >= 15 is 0 Å². The SMILES string of the molecule is CCC(=O)OC[C@@]1(C)[C@@]2(O)CC[C@@H](C)[C@]23C[C@H](OC(=O)[C@H]3O)[C@@]1(O)COC. The van der Waals surface area contributed by atoms with E-state index in [-0.39, 0.29) is 38.4 Å². The van der Waals surface area contributed by atoms with Crippen molar-refractivity contribution in [3.05, 3.63) is 0 Å². The maximum atomic E-state index is 12.4. The number of fused-ring (bicyclic) bond motifs is 1. The van der Waals surface area contributed by atoms with Crippen molar-refractivity contribution in [3.8, 4) is 0 Å². The average Bonchev–Trinajstić information content (AvgIpc) is 2.89. The van der Waals surface area contributed by atoms with E-state index in [2.05, 4.69) is 0 Å². The Morgan fingerprint density at radius 3 is 2.59 bits per heavy atom. The van der Waals surface area contributed by atoms with Crippen LogP contribution in [0.15, 0.2) is 0 Å². The number of esters is 2. The number of hydrogen-bond acceptors (Lipinski definition) is 8. The monoisotopic (exact) mass is 386 g/mol. The molecule has 8 nitrogen and oxygen atoms in total. The van der Waals surface area contributed by atoms with E-state index in [9.17, 15) is 24.9 Å². The highest BCUT2D eigenvalue weighted by Crippen LogP contribution is 2.70. The summed E-state index contributed by atoms with van der Waals surface area (Å²) in [6, 6.07) is 0. The van der Waals surface area contributed by atoms with Crippen LogP contribution in [0.2, 0.25) is 0 Å². The van der Waals surface area contributed by atoms with Crippen LogP contribution >= 0.6 is 0 Å². The highest BCUT2D eigenvalue weighted by Gasteiger charge is 2.81. The Morgan fingerprint density at radius 1 is 1.33 bits per heavy atom. The molecule has 27 heavy (non-hydrogen) atoms. The number of aliphatic hydroxyl groups excluding tert-OH is 1. The highest BCUT2D eigenvalue weighted by molar-refractivity contribution is 5.78. The highest BCUT2D eigenvalue weighted by atomic mass is 16.6. The summed E-state index contributed by atoms with van der Waals surface area (Å²) >= 11 is 0. The van der Waals surface area contributed by atoms with Gasteiger partial charge in [-0.25, -0.2) is 4.79 Å². The van der Waals surface area contributed by atoms with E-state index in [1.54, 1.807) is 13.8 Å². The first-order valence-electron chi connectivity index (χ1n) is 9.52. The standard InChI is InChI=1S/C19H30O8/c1-5-13(20)26-9-16(3)18(23,10-25-4)12-8-17(14(21)15(22)27-12)11(2)6-7-19(16,17)24/h11-12,14,21,23-24H,5-10H2,1-4H3/t11-,12+,14-,16-,17+,18+,19+/m1/s1. The van der Waals surface area contributed by atoms with E-state index in [4.69, 9.17) is 14.2 Å². The fourth-order valence-electron chi connectivity index (χ4n) is 5.88. The zero-order chi connectivity index (χ0) is 20.3. The number of methoxy groups -OCH3 is 1. The molecule has 0 unspecified atom stereocenters. The van der Waals surface area contributed by atoms with Crippen molar-refractivity contribution in [1.82, 2.24) is 0 Å². The Hall–Kier alpha value is -1.22. The molecule has 2 aliphatic carbocycles. The molecule has 3 N–H and O–H groups in total. The van der Waals surface area contributed by atoms with Crippen molar-refractivity contribution in [2.24, 2.45) is 16.7 Å². The van der Waals surface area contributed by atoms with Gasteiger partial charge in [-0.05, 0) is 25.2 Å². The number of carbonyl (C=O) groups excluding carboxylic acids is 2. The molecule has 0 aromatic carbocycles. The molecule has 1 aliphatic heterocycles. The topological polar surface area (TPSA) is 123 Å². The van der Waals surface area contributed by atoms with Gasteiger partial charge in [-0.3, -0.25) is 4.79 Å². The van der Waals surface area contributed by atoms with Gasteiger partial charge in [0.15, 0.2) is 6.10 Å². The van der Waals surface area contributed by atoms with Gasteiger partial charge in [-0.15, -0.1) is 0 Å². The van der Waals surface area contributed by atoms with Crippen molar-refractivity contribution >= 4 is 11.9 Å². The molecule has 3 rings (SSSR count). The van der Waals surface area contributed by atoms with Crippen molar-refractivity contribution < 1.29 is 39.1 Å². The van der Waals surface area contributed by atoms with Crippen LogP contribution in [0, 0.1) is 16.7 Å². The van der Waals surface area contributed by atoms with Gasteiger partial charge in [0.25, 0.3) is 0 Å². The largest absolute Gasteiger partial charge is 0.465 e. The van der Waals surface area contributed by atoms with Crippen molar-refractivity contribution in [2.45, 2.75) is 69.9 Å². The third-order valence-corrected chi connectivity index (χ3v) is 7.66. The first-order chi connectivity index (χ1) is 12.5. The van der Waals surface area contributed by atoms with Crippen molar-refractivity contribution in [3.63, 3.8) is 0 Å². The van der Waals surface area contributed by atoms with Crippen LogP contribution < -0.4 is 0 Å². The zero-order valence-corrected chi connectivity index (χ0v) is 16.4. The van der Waals surface area contributed by atoms with Crippen LogP contribution in [0.4, 0.5) is 0 Å². The Bertz CT molecular complexity index is 637. The molecular weight excluding hydrogens is 356 g/mol. The van der Waals surface area contributed by atoms with Gasteiger partial charge in [0.2, 0.25) is 0 Å². The van der Waals surface area contributed by atoms with Crippen LogP contribution in [0.3, 0.4) is 0 Å². The summed E-state index contributed by atoms with van der Waals surface area (Å²) in [5.74, 6) is -1.49. The Labute approximate surface area is 158 Å². The van der Waals surface area contributed by atoms with Crippen molar-refractivity contribution in [1.29, 1.82) is 0 Å². The van der Waals surface area contributed by atoms with E-state index < -0.39 is 46.2 Å². The second-order valence-electron chi connectivity index (χ2n) is 8.58. The molecule has 0 amide bonds. The predicted octanol–water partition coefficient (Wildman–Crippen LogP) is 0.161. The number of ether oxygens (including phenoxy) is 3. The number of carbonyl (C=O) groups is 2. The fourth-order valence-corrected chi connectivity index (χ4v) is 5.88. The lowest BCUT2D eigenvalue weighted by Gasteiger charge is -2.67. The van der Waals surface area contributed by atoms with Gasteiger partial charge in [0.1, 0.15) is 18.3 Å². The normalized spacial score (nSPS) is 48.7. The van der Waals surface area contributed by atoms with Crippen molar-refractivity contribution in [2.75, 3.05) is 20.3 Å². The molecule has 0 radical (unpaired) electrons. The molecule has 3 fully saturated rings. The third kappa shape index (κ3) is 2.30. The van der Waals surface area contributed by atoms with Gasteiger partial charge in [-0.2, -0.15) is 0 Å². The molecule has 7 atom stereocenters. The van der Waals surface area contributed by atoms with Gasteiger partial charge >= 0.3 is 11.9 Å². The molecule has 8 heteroatoms. The maximum absolute atomic E-state index is 12.4. The van der Waals surface area contributed by atoms with Gasteiger partial charge < -0.3 is 29.5 Å². The van der Waals surface area contributed by atoms with Gasteiger partial charge in [-0.1, -0.05) is 20.8 Å². The summed E-state index contributed by atoms with van der Waals surface area (Å²) in [4.78, 5) is 24.3. The minimum atomic E-state index is -1.78. The Morgan fingerprint density at radius 2 is 2.00 bits per heavy atom. The molecule has 1 spiro atoms. The van der Waals surface area contributed by atoms with E-state index in [1.165, 1.54) is 7.11 Å². The summed E-state index contributed by atoms with van der Waals surface area (Å²) in [5, 5.41) is 34.4. The molecule has 2 saturated carbocycles. The summed E-state index contributed by atoms with van der Waals surface area (Å²) in [6.45, 7) is 4.68. The molecule has 1 saturated heterocycles. The number of hydrogen-bond donors (Lipinski definition) is 3. The van der Waals surface area contributed by atoms with E-state index in [0.29, 0.717) is 6.42 Å². The van der Waals surface area contributed by atoms with Crippen LogP contribution in [0.25, 0.3) is 0 Å². The molecule has 0 aromatic heterocycles. The summed E-state index contributed by atoms with van der Waals surface area (Å²) in [5.41, 5.74) is -6.01. The second kappa shape index (κ2) is 6.40. The second-order valence-corrected chi connectivity index (χ2v) is 8.58. The lowest BCUT2D eigenvalue weighted by atomic mass is 9.43. The minimum Gasteiger partial charge on any atom is -0.465 e. The molecule has 3 aliphatic rings. The summed E-state index contributed by atoms with van der Waals surface area (Å²) in [6.07, 6.45) is -1.40. The lowest BCUT2D eigenvalue weighted by Crippen LogP contribution is -2.82. The first kappa shape index (κ1) is 20.5. The van der Waals surface area contributed by atoms with Crippen LogP contribution in [0.5, 0.6) is 0 Å². The third-order valence-electron chi connectivity index (χ3n) is 7.66. The Balaban J connectivity index is 2.18. The first-order valence-corrected chi connectivity index (χ1v) is 9.52. The average molecular weight is 386 g/mol. The van der Waals surface area contributed by atoms with Crippen LogP contribution in [-0.2, 0) is 23.8 Å². The molecular formula is C19H30O8. The quantitative estimate of drug-likeness (QED) is 0.571. The number of rotatable bonds is 5. The van der Waals surface area contributed by atoms with Gasteiger partial charge in [0, 0.05) is 18.9 Å². The predicted molar refractivity (Wildman–Crippen MR) is 92.5 cm³/mol. The molecule has 1 heterocycles. The summed E-state index contributed by atoms with van der Waals surface area (Å²) in [7, 11) is 1.40. The lowest BCUT2D eigenvalue weighted by molar-refractivity contribution is -0.351. The molecule has 154 valence electrons. The molecule has 2 bridgehead atoms.